The van der Waals surface area contributed by atoms with Crippen LogP contribution in [0.15, 0.2) is 16.7 Å². The van der Waals surface area contributed by atoms with Gasteiger partial charge in [0, 0.05) is 29.0 Å². The normalized spacial score (nSPS) is 12.5. The maximum absolute atomic E-state index is 12.1. The number of carbonyl (C=O) groups is 1. The maximum Gasteiger partial charge on any atom is 0.268 e. The fraction of sp³-hybridized carbons (Fsp3) is 0.583. The van der Waals surface area contributed by atoms with Gasteiger partial charge in [-0.3, -0.25) is 4.79 Å². The van der Waals surface area contributed by atoms with Crippen molar-refractivity contribution in [3.8, 4) is 0 Å². The molecule has 1 rings (SSSR count). The van der Waals surface area contributed by atoms with Crippen molar-refractivity contribution in [1.82, 2.24) is 9.88 Å². The quantitative estimate of drug-likeness (QED) is 0.874. The summed E-state index contributed by atoms with van der Waals surface area (Å²) in [6, 6.07) is 2.07. The maximum atomic E-state index is 12.1. The van der Waals surface area contributed by atoms with Crippen LogP contribution in [0.4, 0.5) is 0 Å². The van der Waals surface area contributed by atoms with Gasteiger partial charge >= 0.3 is 0 Å². The Balaban J connectivity index is 2.73. The van der Waals surface area contributed by atoms with E-state index in [1.165, 1.54) is 0 Å². The van der Waals surface area contributed by atoms with Gasteiger partial charge in [0.1, 0.15) is 5.69 Å². The molecule has 0 aliphatic rings. The summed E-state index contributed by atoms with van der Waals surface area (Å²) < 4.78 is 2.94. The van der Waals surface area contributed by atoms with E-state index in [1.807, 2.05) is 30.0 Å². The highest BCUT2D eigenvalue weighted by Gasteiger charge is 2.14. The minimum Gasteiger partial charge on any atom is -0.347 e. The lowest BCUT2D eigenvalue weighted by Crippen LogP contribution is -2.35. The van der Waals surface area contributed by atoms with Crippen LogP contribution in [0.2, 0.25) is 0 Å². The third-order valence-corrected chi connectivity index (χ3v) is 3.62. The van der Waals surface area contributed by atoms with E-state index in [4.69, 9.17) is 0 Å². The summed E-state index contributed by atoms with van der Waals surface area (Å²) >= 11 is 5.15. The topological polar surface area (TPSA) is 34.0 Å². The van der Waals surface area contributed by atoms with E-state index in [-0.39, 0.29) is 11.9 Å². The van der Waals surface area contributed by atoms with Crippen molar-refractivity contribution in [3.63, 3.8) is 0 Å². The van der Waals surface area contributed by atoms with Crippen LogP contribution in [-0.2, 0) is 6.54 Å². The van der Waals surface area contributed by atoms with Gasteiger partial charge in [-0.05, 0) is 41.6 Å². The van der Waals surface area contributed by atoms with Crippen molar-refractivity contribution in [2.45, 2.75) is 32.9 Å². The van der Waals surface area contributed by atoms with E-state index in [0.717, 1.165) is 28.9 Å². The molecule has 0 spiro atoms. The highest BCUT2D eigenvalue weighted by Crippen LogP contribution is 2.15. The SMILES string of the molecule is CCCn1cc(Br)cc1C(=O)NC(C)CSC. The Kier molecular flexibility index (Phi) is 6.12. The number of aromatic nitrogens is 1. The first-order chi connectivity index (χ1) is 8.08. The van der Waals surface area contributed by atoms with Crippen LogP contribution >= 0.6 is 27.7 Å². The van der Waals surface area contributed by atoms with Gasteiger partial charge < -0.3 is 9.88 Å². The number of amides is 1. The Hall–Kier alpha value is -0.420. The van der Waals surface area contributed by atoms with Crippen molar-refractivity contribution in [1.29, 1.82) is 0 Å². The lowest BCUT2D eigenvalue weighted by atomic mass is 10.3. The molecule has 1 N–H and O–H groups in total. The first kappa shape index (κ1) is 14.6. The Morgan fingerprint density at radius 3 is 2.94 bits per heavy atom. The summed E-state index contributed by atoms with van der Waals surface area (Å²) in [4.78, 5) is 12.1. The summed E-state index contributed by atoms with van der Waals surface area (Å²) in [6.07, 6.45) is 5.01. The van der Waals surface area contributed by atoms with Crippen molar-refractivity contribution < 1.29 is 4.79 Å². The fourth-order valence-electron chi connectivity index (χ4n) is 1.68. The predicted molar refractivity (Wildman–Crippen MR) is 77.7 cm³/mol. The Morgan fingerprint density at radius 1 is 1.65 bits per heavy atom. The summed E-state index contributed by atoms with van der Waals surface area (Å²) in [5.41, 5.74) is 0.728. The largest absolute Gasteiger partial charge is 0.347 e. The highest BCUT2D eigenvalue weighted by atomic mass is 79.9. The number of hydrogen-bond acceptors (Lipinski definition) is 2. The highest BCUT2D eigenvalue weighted by molar-refractivity contribution is 9.10. The molecule has 0 aliphatic carbocycles. The van der Waals surface area contributed by atoms with Crippen molar-refractivity contribution in [3.05, 3.63) is 22.4 Å². The number of thioether (sulfide) groups is 1. The van der Waals surface area contributed by atoms with Crippen LogP contribution < -0.4 is 5.32 Å². The molecule has 5 heteroatoms. The molecule has 1 amide bonds. The van der Waals surface area contributed by atoms with Crippen LogP contribution in [0.3, 0.4) is 0 Å². The van der Waals surface area contributed by atoms with Crippen molar-refractivity contribution in [2.24, 2.45) is 0 Å². The second kappa shape index (κ2) is 7.11. The number of hydrogen-bond donors (Lipinski definition) is 1. The molecule has 0 bridgehead atoms. The smallest absolute Gasteiger partial charge is 0.268 e. The summed E-state index contributed by atoms with van der Waals surface area (Å²) in [6.45, 7) is 4.99. The molecular formula is C12H19BrN2OS. The first-order valence-electron chi connectivity index (χ1n) is 5.74. The van der Waals surface area contributed by atoms with Crippen LogP contribution in [0.5, 0.6) is 0 Å². The summed E-state index contributed by atoms with van der Waals surface area (Å²) in [5.74, 6) is 0.937. The number of nitrogens with one attached hydrogen (secondary N) is 1. The molecule has 0 radical (unpaired) electrons. The molecule has 1 atom stereocenters. The third-order valence-electron chi connectivity index (χ3n) is 2.35. The number of aryl methyl sites for hydroxylation is 1. The van der Waals surface area contributed by atoms with E-state index in [0.29, 0.717) is 0 Å². The molecule has 0 aliphatic heterocycles. The van der Waals surface area contributed by atoms with E-state index in [1.54, 1.807) is 11.8 Å². The minimum absolute atomic E-state index is 0.00528. The third kappa shape index (κ3) is 4.39. The van der Waals surface area contributed by atoms with Crippen LogP contribution in [-0.4, -0.2) is 28.5 Å². The number of halogens is 1. The number of rotatable bonds is 6. The average molecular weight is 319 g/mol. The summed E-state index contributed by atoms with van der Waals surface area (Å²) in [7, 11) is 0. The number of carbonyl (C=O) groups excluding carboxylic acids is 1. The molecule has 1 aromatic rings. The van der Waals surface area contributed by atoms with Gasteiger partial charge in [0.25, 0.3) is 5.91 Å². The molecule has 0 aromatic carbocycles. The lowest BCUT2D eigenvalue weighted by Gasteiger charge is -2.13. The zero-order valence-electron chi connectivity index (χ0n) is 10.5. The zero-order valence-corrected chi connectivity index (χ0v) is 12.9. The molecule has 3 nitrogen and oxygen atoms in total. The molecule has 96 valence electrons. The second-order valence-electron chi connectivity index (χ2n) is 4.07. The van der Waals surface area contributed by atoms with Crippen molar-refractivity contribution >= 4 is 33.6 Å². The molecule has 1 unspecified atom stereocenters. The Morgan fingerprint density at radius 2 is 2.35 bits per heavy atom. The van der Waals surface area contributed by atoms with Crippen LogP contribution in [0.25, 0.3) is 0 Å². The van der Waals surface area contributed by atoms with Crippen LogP contribution in [0, 0.1) is 0 Å². The van der Waals surface area contributed by atoms with Gasteiger partial charge in [-0.25, -0.2) is 0 Å². The Bertz CT molecular complexity index is 379. The molecular weight excluding hydrogens is 300 g/mol. The summed E-state index contributed by atoms with van der Waals surface area (Å²) in [5, 5.41) is 3.01. The zero-order chi connectivity index (χ0) is 12.8. The lowest BCUT2D eigenvalue weighted by molar-refractivity contribution is 0.0934. The molecule has 0 saturated carbocycles. The van der Waals surface area contributed by atoms with Gasteiger partial charge in [-0.15, -0.1) is 0 Å². The number of nitrogens with zero attached hydrogens (tertiary/aromatic N) is 1. The predicted octanol–water partition coefficient (Wildman–Crippen LogP) is 3.14. The van der Waals surface area contributed by atoms with Gasteiger partial charge in [0.05, 0.1) is 0 Å². The van der Waals surface area contributed by atoms with Gasteiger partial charge in [0.15, 0.2) is 0 Å². The van der Waals surface area contributed by atoms with Gasteiger partial charge in [-0.1, -0.05) is 6.92 Å². The van der Waals surface area contributed by atoms with Crippen molar-refractivity contribution in [2.75, 3.05) is 12.0 Å². The van der Waals surface area contributed by atoms with E-state index in [9.17, 15) is 4.79 Å². The molecule has 1 heterocycles. The fourth-order valence-corrected chi connectivity index (χ4v) is 2.73. The average Bonchev–Trinajstić information content (AvgIpc) is 2.60. The standard InChI is InChI=1S/C12H19BrN2OS/c1-4-5-15-7-10(13)6-11(15)12(16)14-9(2)8-17-3/h6-7,9H,4-5,8H2,1-3H3,(H,14,16). The van der Waals surface area contributed by atoms with Crippen LogP contribution in [0.1, 0.15) is 30.8 Å². The van der Waals surface area contributed by atoms with E-state index < -0.39 is 0 Å². The molecule has 1 aromatic heterocycles. The first-order valence-corrected chi connectivity index (χ1v) is 7.92. The monoisotopic (exact) mass is 318 g/mol. The van der Waals surface area contributed by atoms with Gasteiger partial charge in [-0.2, -0.15) is 11.8 Å². The van der Waals surface area contributed by atoms with Gasteiger partial charge in [0.2, 0.25) is 0 Å². The van der Waals surface area contributed by atoms with E-state index >= 15 is 0 Å². The second-order valence-corrected chi connectivity index (χ2v) is 5.89. The molecule has 0 fully saturated rings. The minimum atomic E-state index is 0.00528. The molecule has 17 heavy (non-hydrogen) atoms. The Labute approximate surface area is 115 Å². The molecule has 0 saturated heterocycles. The van der Waals surface area contributed by atoms with E-state index in [2.05, 4.69) is 28.2 Å².